The van der Waals surface area contributed by atoms with Gasteiger partial charge in [-0.25, -0.2) is 4.79 Å². The third-order valence-corrected chi connectivity index (χ3v) is 6.23. The highest BCUT2D eigenvalue weighted by Gasteiger charge is 2.38. The molecule has 12 N–H and O–H groups in total. The largest absolute Gasteiger partial charge is 0.394 e. The standard InChI is InChI=1S/C24H44N10O7/c1-3-28-21(39)18-9-6-12-34(18)22(40)16(8-5-10-29-23(25)26)33-19(37)15(7-4-11-30-24(27)41)32-20(38)17(13-35)31-14(2)36/h15-18,35H,3-13H2,1-2H3,(H,28,39)(H,31,36)(H,32,38)(H,33,37)(H4,25,26,29)(H3,27,30,41)/t15-,16-,17-,18-/m0/s1. The van der Waals surface area contributed by atoms with Crippen molar-refractivity contribution in [1.82, 2.24) is 31.5 Å². The Labute approximate surface area is 238 Å². The first-order chi connectivity index (χ1) is 19.4. The van der Waals surface area contributed by atoms with Gasteiger partial charge in [-0.2, -0.15) is 0 Å². The predicted molar refractivity (Wildman–Crippen MR) is 149 cm³/mol. The number of primary amides is 1. The van der Waals surface area contributed by atoms with Crippen LogP contribution in [-0.2, 0) is 24.0 Å². The van der Waals surface area contributed by atoms with Crippen LogP contribution in [0.2, 0.25) is 0 Å². The lowest BCUT2D eigenvalue weighted by molar-refractivity contribution is -0.142. The first-order valence-electron chi connectivity index (χ1n) is 13.6. The van der Waals surface area contributed by atoms with Gasteiger partial charge in [-0.1, -0.05) is 0 Å². The molecule has 0 radical (unpaired) electrons. The van der Waals surface area contributed by atoms with E-state index in [0.29, 0.717) is 32.4 Å². The third kappa shape index (κ3) is 12.7. The molecule has 0 aromatic carbocycles. The zero-order chi connectivity index (χ0) is 30.9. The van der Waals surface area contributed by atoms with E-state index in [1.807, 2.05) is 0 Å². The summed E-state index contributed by atoms with van der Waals surface area (Å²) >= 11 is 0. The van der Waals surface area contributed by atoms with E-state index in [9.17, 15) is 33.9 Å². The number of hydrogen-bond acceptors (Lipinski definition) is 8. The Hall–Kier alpha value is -4.15. The van der Waals surface area contributed by atoms with Crippen molar-refractivity contribution in [2.24, 2.45) is 22.2 Å². The maximum Gasteiger partial charge on any atom is 0.312 e. The van der Waals surface area contributed by atoms with Crippen molar-refractivity contribution in [3.05, 3.63) is 0 Å². The molecule has 1 aliphatic rings. The Kier molecular flexibility index (Phi) is 15.5. The SMILES string of the molecule is CCNC(=O)[C@@H]1CCCN1C(=O)[C@H](CCCN=C(N)N)NC(=O)[C@H](CCCNC(N)=O)NC(=O)[C@H](CO)NC(C)=O. The van der Waals surface area contributed by atoms with Crippen LogP contribution in [0.4, 0.5) is 4.79 Å². The van der Waals surface area contributed by atoms with Crippen molar-refractivity contribution < 1.29 is 33.9 Å². The van der Waals surface area contributed by atoms with Crippen LogP contribution in [0.3, 0.4) is 0 Å². The summed E-state index contributed by atoms with van der Waals surface area (Å²) in [5.74, 6) is -2.99. The molecule has 0 bridgehead atoms. The molecule has 4 atom stereocenters. The van der Waals surface area contributed by atoms with E-state index >= 15 is 0 Å². The molecule has 1 aliphatic heterocycles. The maximum atomic E-state index is 13.6. The van der Waals surface area contributed by atoms with E-state index in [2.05, 4.69) is 31.6 Å². The third-order valence-electron chi connectivity index (χ3n) is 6.23. The van der Waals surface area contributed by atoms with Crippen molar-refractivity contribution in [3.8, 4) is 0 Å². The van der Waals surface area contributed by atoms with Crippen molar-refractivity contribution >= 4 is 41.5 Å². The minimum atomic E-state index is -1.31. The summed E-state index contributed by atoms with van der Waals surface area (Å²) in [7, 11) is 0. The van der Waals surface area contributed by atoms with Crippen LogP contribution in [0.15, 0.2) is 4.99 Å². The van der Waals surface area contributed by atoms with Crippen LogP contribution in [0.25, 0.3) is 0 Å². The number of carbonyl (C=O) groups is 6. The normalized spacial score (nSPS) is 16.5. The Balaban J connectivity index is 3.15. The number of likely N-dealkylation sites (N-methyl/N-ethyl adjacent to an activating group) is 1. The molecule has 1 saturated heterocycles. The molecule has 0 aliphatic carbocycles. The predicted octanol–water partition coefficient (Wildman–Crippen LogP) is -3.92. The molecule has 0 saturated carbocycles. The Morgan fingerprint density at radius 1 is 0.927 bits per heavy atom. The molecule has 0 aromatic rings. The molecule has 0 unspecified atom stereocenters. The number of hydrogen-bond donors (Lipinski definition) is 9. The number of nitrogens with zero attached hydrogens (tertiary/aromatic N) is 2. The molecular formula is C24H44N10O7. The van der Waals surface area contributed by atoms with Gasteiger partial charge in [0, 0.05) is 33.1 Å². The molecule has 1 rings (SSSR count). The van der Waals surface area contributed by atoms with Crippen molar-refractivity contribution in [2.45, 2.75) is 76.5 Å². The number of carbonyl (C=O) groups excluding carboxylic acids is 6. The van der Waals surface area contributed by atoms with E-state index in [1.165, 1.54) is 11.8 Å². The molecule has 41 heavy (non-hydrogen) atoms. The van der Waals surface area contributed by atoms with Crippen LogP contribution in [0, 0.1) is 0 Å². The minimum absolute atomic E-state index is 0.0240. The summed E-state index contributed by atoms with van der Waals surface area (Å²) in [6.07, 6.45) is 1.79. The summed E-state index contributed by atoms with van der Waals surface area (Å²) in [6.45, 7) is 3.24. The summed E-state index contributed by atoms with van der Waals surface area (Å²) in [5.41, 5.74) is 15.8. The number of likely N-dealkylation sites (tertiary alicyclic amines) is 1. The summed E-state index contributed by atoms with van der Waals surface area (Å²) in [4.78, 5) is 80.1. The molecule has 1 fully saturated rings. The zero-order valence-electron chi connectivity index (χ0n) is 23.6. The van der Waals surface area contributed by atoms with Gasteiger partial charge in [-0.3, -0.25) is 29.0 Å². The fourth-order valence-corrected chi connectivity index (χ4v) is 4.33. The van der Waals surface area contributed by atoms with Crippen LogP contribution >= 0.6 is 0 Å². The lowest BCUT2D eigenvalue weighted by atomic mass is 10.1. The summed E-state index contributed by atoms with van der Waals surface area (Å²) in [6, 6.07) is -5.03. The number of aliphatic hydroxyl groups is 1. The first kappa shape index (κ1) is 34.9. The lowest BCUT2D eigenvalue weighted by Gasteiger charge is -2.30. The number of amides is 7. The second-order valence-corrected chi connectivity index (χ2v) is 9.52. The fourth-order valence-electron chi connectivity index (χ4n) is 4.33. The number of aliphatic hydroxyl groups excluding tert-OH is 1. The van der Waals surface area contributed by atoms with Crippen LogP contribution in [0.5, 0.6) is 0 Å². The van der Waals surface area contributed by atoms with E-state index in [-0.39, 0.29) is 44.2 Å². The molecule has 232 valence electrons. The van der Waals surface area contributed by atoms with Crippen molar-refractivity contribution in [1.29, 1.82) is 0 Å². The van der Waals surface area contributed by atoms with Gasteiger partial charge in [-0.05, 0) is 45.4 Å². The maximum absolute atomic E-state index is 13.6. The molecule has 17 nitrogen and oxygen atoms in total. The molecule has 17 heteroatoms. The van der Waals surface area contributed by atoms with Crippen LogP contribution in [-0.4, -0.2) is 108 Å². The van der Waals surface area contributed by atoms with Gasteiger partial charge in [-0.15, -0.1) is 0 Å². The Morgan fingerprint density at radius 3 is 2.15 bits per heavy atom. The highest BCUT2D eigenvalue weighted by molar-refractivity contribution is 5.95. The molecular weight excluding hydrogens is 540 g/mol. The number of aliphatic imine (C=N–C) groups is 1. The molecule has 0 aromatic heterocycles. The van der Waals surface area contributed by atoms with E-state index < -0.39 is 60.4 Å². The van der Waals surface area contributed by atoms with Gasteiger partial charge < -0.3 is 53.8 Å². The average molecular weight is 585 g/mol. The van der Waals surface area contributed by atoms with E-state index in [4.69, 9.17) is 17.2 Å². The van der Waals surface area contributed by atoms with Crippen LogP contribution in [0.1, 0.15) is 52.4 Å². The lowest BCUT2D eigenvalue weighted by Crippen LogP contribution is -2.58. The number of guanidine groups is 1. The Bertz CT molecular complexity index is 957. The van der Waals surface area contributed by atoms with Crippen molar-refractivity contribution in [2.75, 3.05) is 32.8 Å². The van der Waals surface area contributed by atoms with Crippen LogP contribution < -0.4 is 43.8 Å². The average Bonchev–Trinajstić information content (AvgIpc) is 3.40. The van der Waals surface area contributed by atoms with E-state index in [1.54, 1.807) is 6.92 Å². The smallest absolute Gasteiger partial charge is 0.312 e. The molecule has 0 spiro atoms. The van der Waals surface area contributed by atoms with Gasteiger partial charge in [0.25, 0.3) is 0 Å². The van der Waals surface area contributed by atoms with Gasteiger partial charge in [0.15, 0.2) is 5.96 Å². The topological polar surface area (TPSA) is 276 Å². The van der Waals surface area contributed by atoms with Gasteiger partial charge in [0.1, 0.15) is 24.2 Å². The number of urea groups is 1. The summed E-state index contributed by atoms with van der Waals surface area (Å²) in [5, 5.41) is 22.1. The quantitative estimate of drug-likeness (QED) is 0.0458. The van der Waals surface area contributed by atoms with E-state index in [0.717, 1.165) is 0 Å². The monoisotopic (exact) mass is 584 g/mol. The van der Waals surface area contributed by atoms with Gasteiger partial charge in [0.05, 0.1) is 6.61 Å². The number of nitrogens with two attached hydrogens (primary N) is 3. The number of rotatable bonds is 17. The highest BCUT2D eigenvalue weighted by Crippen LogP contribution is 2.20. The molecule has 1 heterocycles. The van der Waals surface area contributed by atoms with Gasteiger partial charge >= 0.3 is 6.03 Å². The summed E-state index contributed by atoms with van der Waals surface area (Å²) < 4.78 is 0. The number of nitrogens with one attached hydrogen (secondary N) is 5. The Morgan fingerprint density at radius 2 is 1.56 bits per heavy atom. The zero-order valence-corrected chi connectivity index (χ0v) is 23.6. The van der Waals surface area contributed by atoms with Crippen molar-refractivity contribution in [3.63, 3.8) is 0 Å². The second kappa shape index (κ2) is 18.2. The second-order valence-electron chi connectivity index (χ2n) is 9.52. The molecule has 7 amide bonds. The first-order valence-corrected chi connectivity index (χ1v) is 13.6. The fraction of sp³-hybridized carbons (Fsp3) is 0.708. The van der Waals surface area contributed by atoms with Gasteiger partial charge in [0.2, 0.25) is 29.5 Å². The minimum Gasteiger partial charge on any atom is -0.394 e. The highest BCUT2D eigenvalue weighted by atomic mass is 16.3.